The minimum absolute atomic E-state index is 0.0781. The number of carbonyl (C=O) groups excluding carboxylic acids is 2. The van der Waals surface area contributed by atoms with Crippen molar-refractivity contribution in [3.8, 4) is 17.2 Å². The van der Waals surface area contributed by atoms with Crippen LogP contribution in [0.15, 0.2) is 30.3 Å². The van der Waals surface area contributed by atoms with E-state index in [1.54, 1.807) is 18.2 Å². The minimum Gasteiger partial charge on any atom is -0.496 e. The summed E-state index contributed by atoms with van der Waals surface area (Å²) >= 11 is 5.93. The van der Waals surface area contributed by atoms with E-state index in [-0.39, 0.29) is 28.6 Å². The molecular formula is C19H21ClN2O6. The Bertz CT molecular complexity index is 872. The molecule has 0 saturated carbocycles. The van der Waals surface area contributed by atoms with Gasteiger partial charge in [0.2, 0.25) is 0 Å². The van der Waals surface area contributed by atoms with Gasteiger partial charge in [0, 0.05) is 12.6 Å². The van der Waals surface area contributed by atoms with E-state index in [4.69, 9.17) is 36.3 Å². The van der Waals surface area contributed by atoms with Crippen molar-refractivity contribution in [1.82, 2.24) is 5.32 Å². The molecule has 2 rings (SSSR count). The quantitative estimate of drug-likeness (QED) is 0.510. The SMILES string of the molecule is COc1ccc(CNC(=O)COC(=O)c2cc(Cl)c(N)cc2OC)cc1OC. The van der Waals surface area contributed by atoms with E-state index >= 15 is 0 Å². The molecule has 0 aliphatic rings. The lowest BCUT2D eigenvalue weighted by Gasteiger charge is -2.12. The number of hydrogen-bond acceptors (Lipinski definition) is 7. The maximum absolute atomic E-state index is 12.2. The Morgan fingerprint density at radius 2 is 1.68 bits per heavy atom. The van der Waals surface area contributed by atoms with Gasteiger partial charge in [0.25, 0.3) is 5.91 Å². The summed E-state index contributed by atoms with van der Waals surface area (Å²) in [7, 11) is 4.45. The Hall–Kier alpha value is -3.13. The minimum atomic E-state index is -0.750. The van der Waals surface area contributed by atoms with Crippen LogP contribution in [0.25, 0.3) is 0 Å². The fourth-order valence-electron chi connectivity index (χ4n) is 2.35. The Morgan fingerprint density at radius 1 is 1.00 bits per heavy atom. The zero-order chi connectivity index (χ0) is 20.7. The largest absolute Gasteiger partial charge is 0.496 e. The number of halogens is 1. The maximum Gasteiger partial charge on any atom is 0.342 e. The Labute approximate surface area is 167 Å². The number of anilines is 1. The molecule has 2 aromatic rings. The van der Waals surface area contributed by atoms with Gasteiger partial charge >= 0.3 is 5.97 Å². The summed E-state index contributed by atoms with van der Waals surface area (Å²) in [5.41, 5.74) is 6.82. The van der Waals surface area contributed by atoms with Gasteiger partial charge in [0.15, 0.2) is 18.1 Å². The third-order valence-corrected chi connectivity index (χ3v) is 4.14. The average Bonchev–Trinajstić information content (AvgIpc) is 2.71. The fourth-order valence-corrected chi connectivity index (χ4v) is 2.51. The van der Waals surface area contributed by atoms with E-state index in [1.165, 1.54) is 33.5 Å². The highest BCUT2D eigenvalue weighted by Crippen LogP contribution is 2.29. The lowest BCUT2D eigenvalue weighted by atomic mass is 10.2. The van der Waals surface area contributed by atoms with Gasteiger partial charge in [-0.15, -0.1) is 0 Å². The van der Waals surface area contributed by atoms with Crippen molar-refractivity contribution in [2.45, 2.75) is 6.54 Å². The predicted octanol–water partition coefficient (Wildman–Crippen LogP) is 2.42. The highest BCUT2D eigenvalue weighted by Gasteiger charge is 2.17. The monoisotopic (exact) mass is 408 g/mol. The van der Waals surface area contributed by atoms with Crippen LogP contribution in [0.2, 0.25) is 5.02 Å². The molecule has 9 heteroatoms. The first kappa shape index (κ1) is 21.2. The van der Waals surface area contributed by atoms with Crippen LogP contribution in [0, 0.1) is 0 Å². The summed E-state index contributed by atoms with van der Waals surface area (Å²) in [5.74, 6) is 0.122. The highest BCUT2D eigenvalue weighted by molar-refractivity contribution is 6.33. The number of amides is 1. The zero-order valence-electron chi connectivity index (χ0n) is 15.7. The van der Waals surface area contributed by atoms with Gasteiger partial charge in [-0.2, -0.15) is 0 Å². The summed E-state index contributed by atoms with van der Waals surface area (Å²) in [6.07, 6.45) is 0. The second kappa shape index (κ2) is 9.70. The van der Waals surface area contributed by atoms with Crippen molar-refractivity contribution in [3.63, 3.8) is 0 Å². The van der Waals surface area contributed by atoms with Crippen LogP contribution in [0.3, 0.4) is 0 Å². The highest BCUT2D eigenvalue weighted by atomic mass is 35.5. The normalized spacial score (nSPS) is 10.1. The first-order valence-electron chi connectivity index (χ1n) is 8.17. The van der Waals surface area contributed by atoms with Crippen LogP contribution < -0.4 is 25.3 Å². The summed E-state index contributed by atoms with van der Waals surface area (Å²) in [4.78, 5) is 24.2. The summed E-state index contributed by atoms with van der Waals surface area (Å²) in [5, 5.41) is 2.84. The number of nitrogens with one attached hydrogen (secondary N) is 1. The van der Waals surface area contributed by atoms with Gasteiger partial charge in [-0.25, -0.2) is 4.79 Å². The van der Waals surface area contributed by atoms with E-state index in [0.717, 1.165) is 5.56 Å². The molecule has 150 valence electrons. The molecular weight excluding hydrogens is 388 g/mol. The lowest BCUT2D eigenvalue weighted by molar-refractivity contribution is -0.124. The van der Waals surface area contributed by atoms with Gasteiger partial charge in [-0.05, 0) is 23.8 Å². The third kappa shape index (κ3) is 5.20. The molecule has 0 spiro atoms. The van der Waals surface area contributed by atoms with Crippen LogP contribution in [0.4, 0.5) is 5.69 Å². The topological polar surface area (TPSA) is 109 Å². The number of nitrogens with two attached hydrogens (primary N) is 1. The molecule has 0 aromatic heterocycles. The number of esters is 1. The van der Waals surface area contributed by atoms with Crippen molar-refractivity contribution < 1.29 is 28.5 Å². The van der Waals surface area contributed by atoms with Gasteiger partial charge < -0.3 is 30.0 Å². The molecule has 0 atom stereocenters. The number of nitrogen functional groups attached to an aromatic ring is 1. The van der Waals surface area contributed by atoms with Crippen LogP contribution in [0.1, 0.15) is 15.9 Å². The van der Waals surface area contributed by atoms with Gasteiger partial charge in [0.05, 0.1) is 32.0 Å². The summed E-state index contributed by atoms with van der Waals surface area (Å²) < 4.78 is 20.5. The molecule has 0 saturated heterocycles. The molecule has 0 radical (unpaired) electrons. The molecule has 0 fully saturated rings. The molecule has 0 aliphatic heterocycles. The number of hydrogen-bond donors (Lipinski definition) is 2. The van der Waals surface area contributed by atoms with Crippen molar-refractivity contribution in [1.29, 1.82) is 0 Å². The van der Waals surface area contributed by atoms with Crippen molar-refractivity contribution in [2.24, 2.45) is 0 Å². The molecule has 0 bridgehead atoms. The van der Waals surface area contributed by atoms with Crippen LogP contribution in [-0.4, -0.2) is 39.8 Å². The summed E-state index contributed by atoms with van der Waals surface area (Å²) in [6.45, 7) is -0.231. The molecule has 0 unspecified atom stereocenters. The van der Waals surface area contributed by atoms with Gasteiger partial charge in [0.1, 0.15) is 11.3 Å². The first-order valence-corrected chi connectivity index (χ1v) is 8.55. The summed E-state index contributed by atoms with van der Waals surface area (Å²) in [6, 6.07) is 8.01. The number of carbonyl (C=O) groups is 2. The molecule has 2 aromatic carbocycles. The van der Waals surface area contributed by atoms with E-state index in [1.807, 2.05) is 0 Å². The average molecular weight is 409 g/mol. The fraction of sp³-hybridized carbons (Fsp3) is 0.263. The van der Waals surface area contributed by atoms with E-state index < -0.39 is 18.5 Å². The van der Waals surface area contributed by atoms with E-state index in [9.17, 15) is 9.59 Å². The number of rotatable bonds is 8. The number of methoxy groups -OCH3 is 3. The molecule has 1 amide bonds. The van der Waals surface area contributed by atoms with Crippen LogP contribution in [0.5, 0.6) is 17.2 Å². The first-order chi connectivity index (χ1) is 13.4. The Kier molecular flexibility index (Phi) is 7.34. The molecule has 8 nitrogen and oxygen atoms in total. The van der Waals surface area contributed by atoms with E-state index in [0.29, 0.717) is 11.5 Å². The van der Waals surface area contributed by atoms with Crippen molar-refractivity contribution in [2.75, 3.05) is 33.7 Å². The Balaban J connectivity index is 1.92. The van der Waals surface area contributed by atoms with Crippen molar-refractivity contribution >= 4 is 29.2 Å². The van der Waals surface area contributed by atoms with Gasteiger partial charge in [-0.1, -0.05) is 17.7 Å². The van der Waals surface area contributed by atoms with Crippen LogP contribution in [-0.2, 0) is 16.1 Å². The van der Waals surface area contributed by atoms with E-state index in [2.05, 4.69) is 5.32 Å². The molecule has 0 aliphatic carbocycles. The second-order valence-corrected chi connectivity index (χ2v) is 6.02. The second-order valence-electron chi connectivity index (χ2n) is 5.62. The Morgan fingerprint density at radius 3 is 2.32 bits per heavy atom. The lowest BCUT2D eigenvalue weighted by Crippen LogP contribution is -2.28. The number of benzene rings is 2. The molecule has 3 N–H and O–H groups in total. The predicted molar refractivity (Wildman–Crippen MR) is 104 cm³/mol. The molecule has 0 heterocycles. The molecule has 28 heavy (non-hydrogen) atoms. The smallest absolute Gasteiger partial charge is 0.342 e. The standard InChI is InChI=1S/C19H21ClN2O6/c1-25-15-5-4-11(6-17(15)27-3)9-22-18(23)10-28-19(24)12-7-13(20)14(21)8-16(12)26-2/h4-8H,9-10,21H2,1-3H3,(H,22,23). The zero-order valence-corrected chi connectivity index (χ0v) is 16.5. The van der Waals surface area contributed by atoms with Crippen molar-refractivity contribution in [3.05, 3.63) is 46.5 Å². The van der Waals surface area contributed by atoms with Crippen LogP contribution >= 0.6 is 11.6 Å². The maximum atomic E-state index is 12.2. The third-order valence-electron chi connectivity index (χ3n) is 3.81. The number of ether oxygens (including phenoxy) is 4. The van der Waals surface area contributed by atoms with Gasteiger partial charge in [-0.3, -0.25) is 4.79 Å².